The van der Waals surface area contributed by atoms with Crippen LogP contribution in [0.2, 0.25) is 0 Å². The second-order valence-corrected chi connectivity index (χ2v) is 10.6. The van der Waals surface area contributed by atoms with Gasteiger partial charge in [-0.3, -0.25) is 9.69 Å². The number of nitrogens with zero attached hydrogens (tertiary/aromatic N) is 1. The van der Waals surface area contributed by atoms with Crippen LogP contribution in [0.25, 0.3) is 11.1 Å². The van der Waals surface area contributed by atoms with Crippen LogP contribution in [0.4, 0.5) is 5.69 Å². The van der Waals surface area contributed by atoms with Crippen LogP contribution >= 0.6 is 32.9 Å². The first-order valence-electron chi connectivity index (χ1n) is 9.63. The van der Waals surface area contributed by atoms with Gasteiger partial charge in [-0.05, 0) is 32.9 Å². The van der Waals surface area contributed by atoms with Gasteiger partial charge < -0.3 is 14.2 Å². The predicted octanol–water partition coefficient (Wildman–Crippen LogP) is 6.44. The van der Waals surface area contributed by atoms with Gasteiger partial charge in [0.1, 0.15) is 9.57 Å². The maximum atomic E-state index is 14.1. The van der Waals surface area contributed by atoms with Gasteiger partial charge in [0.05, 0.1) is 43.0 Å². The smallest absolute Gasteiger partial charge is 0.263 e. The second kappa shape index (κ2) is 7.93. The highest BCUT2D eigenvalue weighted by Crippen LogP contribution is 2.53. The molecular weight excluding hydrogens is 450 g/mol. The first-order valence-corrected chi connectivity index (χ1v) is 12.2. The maximum absolute atomic E-state index is 14.1. The Morgan fingerprint density at radius 1 is 0.968 bits per heavy atom. The minimum atomic E-state index is -0.592. The number of ether oxygens (including phenoxy) is 3. The summed E-state index contributed by atoms with van der Waals surface area (Å²) >= 11 is 5.67. The number of fused-ring (bicyclic) bond motifs is 3. The Labute approximate surface area is 194 Å². The number of hydrogen-bond donors (Lipinski definition) is 0. The summed E-state index contributed by atoms with van der Waals surface area (Å²) in [5.41, 5.74) is 3.82. The average Bonchev–Trinajstić information content (AvgIpc) is 3.15. The lowest BCUT2D eigenvalue weighted by molar-refractivity contribution is 0.0958. The topological polar surface area (TPSA) is 48.0 Å². The summed E-state index contributed by atoms with van der Waals surface area (Å²) in [6, 6.07) is 9.47. The third kappa shape index (κ3) is 3.33. The molecule has 0 fully saturated rings. The largest absolute Gasteiger partial charge is 0.496 e. The van der Waals surface area contributed by atoms with Crippen molar-refractivity contribution in [2.75, 3.05) is 26.2 Å². The third-order valence-corrected chi connectivity index (χ3v) is 8.88. The molecule has 0 atom stereocenters. The van der Waals surface area contributed by atoms with Gasteiger partial charge in [0.15, 0.2) is 11.5 Å². The number of amides is 1. The zero-order valence-electron chi connectivity index (χ0n) is 18.2. The molecule has 0 N–H and O–H groups in total. The predicted molar refractivity (Wildman–Crippen MR) is 129 cm³/mol. The van der Waals surface area contributed by atoms with Crippen LogP contribution in [-0.2, 0) is 5.54 Å². The van der Waals surface area contributed by atoms with Gasteiger partial charge in [0, 0.05) is 23.3 Å². The van der Waals surface area contributed by atoms with Crippen molar-refractivity contribution >= 4 is 44.5 Å². The van der Waals surface area contributed by atoms with Crippen molar-refractivity contribution in [2.45, 2.75) is 26.3 Å². The molecule has 1 amide bonds. The Bertz CT molecular complexity index is 1240. The Balaban J connectivity index is 1.97. The minimum absolute atomic E-state index is 0.178. The highest BCUT2D eigenvalue weighted by Gasteiger charge is 2.44. The molecule has 2 aromatic carbocycles. The van der Waals surface area contributed by atoms with Crippen molar-refractivity contribution in [2.24, 2.45) is 0 Å². The van der Waals surface area contributed by atoms with E-state index >= 15 is 0 Å². The molecule has 0 spiro atoms. The summed E-state index contributed by atoms with van der Waals surface area (Å²) in [5, 5.41) is 0. The van der Waals surface area contributed by atoms with E-state index in [9.17, 15) is 4.79 Å². The monoisotopic (exact) mass is 473 g/mol. The number of aryl methyl sites for hydroxylation is 1. The third-order valence-electron chi connectivity index (χ3n) is 5.55. The molecule has 162 valence electrons. The standard InChI is InChI=1S/C23H23NO4S3/c1-12-7-8-15-13(9-12)19-20(30-31-22(19)29)23(2,3)24(15)21(25)14-10-17(27-5)18(28-6)11-16(14)26-4/h7-11H,1-6H3. The van der Waals surface area contributed by atoms with Crippen molar-refractivity contribution in [3.05, 3.63) is 50.2 Å². The molecule has 0 aliphatic carbocycles. The number of benzene rings is 2. The van der Waals surface area contributed by atoms with Crippen LogP contribution in [0.15, 0.2) is 30.3 Å². The molecule has 31 heavy (non-hydrogen) atoms. The fourth-order valence-electron chi connectivity index (χ4n) is 4.02. The zero-order chi connectivity index (χ0) is 22.5. The Morgan fingerprint density at radius 3 is 2.26 bits per heavy atom. The van der Waals surface area contributed by atoms with E-state index in [1.807, 2.05) is 24.0 Å². The number of hydrogen-bond acceptors (Lipinski definition) is 7. The normalized spacial score (nSPS) is 13.9. The van der Waals surface area contributed by atoms with Crippen molar-refractivity contribution in [3.8, 4) is 28.4 Å². The van der Waals surface area contributed by atoms with Crippen LogP contribution in [0, 0.1) is 10.7 Å². The van der Waals surface area contributed by atoms with E-state index in [0.29, 0.717) is 22.8 Å². The van der Waals surface area contributed by atoms with E-state index in [2.05, 4.69) is 19.9 Å². The Kier molecular flexibility index (Phi) is 5.57. The lowest BCUT2D eigenvalue weighted by atomic mass is 9.86. The summed E-state index contributed by atoms with van der Waals surface area (Å²) in [4.78, 5) is 17.0. The highest BCUT2D eigenvalue weighted by atomic mass is 32.9. The number of methoxy groups -OCH3 is 3. The average molecular weight is 474 g/mol. The molecule has 3 aromatic rings. The van der Waals surface area contributed by atoms with Gasteiger partial charge in [-0.2, -0.15) is 0 Å². The first-order chi connectivity index (χ1) is 14.7. The molecule has 8 heteroatoms. The quantitative estimate of drug-likeness (QED) is 0.322. The van der Waals surface area contributed by atoms with Gasteiger partial charge in [-0.1, -0.05) is 44.5 Å². The molecule has 4 rings (SSSR count). The van der Waals surface area contributed by atoms with Crippen LogP contribution < -0.4 is 19.1 Å². The summed E-state index contributed by atoms with van der Waals surface area (Å²) in [7, 11) is 7.85. The Hall–Kier alpha value is -2.42. The van der Waals surface area contributed by atoms with Crippen molar-refractivity contribution in [1.29, 1.82) is 0 Å². The van der Waals surface area contributed by atoms with Crippen LogP contribution in [0.5, 0.6) is 17.2 Å². The summed E-state index contributed by atoms with van der Waals surface area (Å²) in [5.74, 6) is 1.22. The zero-order valence-corrected chi connectivity index (χ0v) is 20.6. The molecule has 0 radical (unpaired) electrons. The van der Waals surface area contributed by atoms with Crippen LogP contribution in [0.1, 0.15) is 34.6 Å². The fourth-order valence-corrected chi connectivity index (χ4v) is 7.30. The number of carbonyl (C=O) groups is 1. The van der Waals surface area contributed by atoms with E-state index in [1.165, 1.54) is 0 Å². The number of anilines is 1. The molecule has 1 aromatic heterocycles. The van der Waals surface area contributed by atoms with Crippen molar-refractivity contribution in [1.82, 2.24) is 0 Å². The van der Waals surface area contributed by atoms with Gasteiger partial charge in [-0.25, -0.2) is 0 Å². The molecule has 1 aliphatic heterocycles. The highest BCUT2D eigenvalue weighted by molar-refractivity contribution is 7.80. The van der Waals surface area contributed by atoms with Gasteiger partial charge in [0.25, 0.3) is 5.91 Å². The summed E-state index contributed by atoms with van der Waals surface area (Å²) in [6.07, 6.45) is 0. The molecule has 0 saturated carbocycles. The molecular formula is C23H23NO4S3. The fraction of sp³-hybridized carbons (Fsp3) is 0.304. The van der Waals surface area contributed by atoms with E-state index in [1.54, 1.807) is 54.1 Å². The van der Waals surface area contributed by atoms with Gasteiger partial charge >= 0.3 is 0 Å². The van der Waals surface area contributed by atoms with E-state index < -0.39 is 5.54 Å². The summed E-state index contributed by atoms with van der Waals surface area (Å²) < 4.78 is 17.2. The lowest BCUT2D eigenvalue weighted by Gasteiger charge is -2.43. The molecule has 2 heterocycles. The van der Waals surface area contributed by atoms with E-state index in [4.69, 9.17) is 26.4 Å². The molecule has 0 saturated heterocycles. The van der Waals surface area contributed by atoms with Crippen molar-refractivity contribution < 1.29 is 19.0 Å². The Morgan fingerprint density at radius 2 is 1.61 bits per heavy atom. The molecule has 1 aliphatic rings. The number of carbonyl (C=O) groups excluding carboxylic acids is 1. The van der Waals surface area contributed by atoms with E-state index in [0.717, 1.165) is 31.1 Å². The minimum Gasteiger partial charge on any atom is -0.496 e. The van der Waals surface area contributed by atoms with Gasteiger partial charge in [-0.15, -0.1) is 0 Å². The lowest BCUT2D eigenvalue weighted by Crippen LogP contribution is -2.47. The van der Waals surface area contributed by atoms with Gasteiger partial charge in [0.2, 0.25) is 0 Å². The molecule has 0 bridgehead atoms. The number of rotatable bonds is 4. The van der Waals surface area contributed by atoms with Crippen molar-refractivity contribution in [3.63, 3.8) is 0 Å². The van der Waals surface area contributed by atoms with Crippen LogP contribution in [-0.4, -0.2) is 27.2 Å². The molecule has 0 unspecified atom stereocenters. The first kappa shape index (κ1) is 21.8. The molecule has 5 nitrogen and oxygen atoms in total. The SMILES string of the molecule is COc1cc(OC)c(C(=O)N2c3ccc(C)cc3-c3c(ssc3=S)C2(C)C)cc1OC. The summed E-state index contributed by atoms with van der Waals surface area (Å²) in [6.45, 7) is 6.15. The second-order valence-electron chi connectivity index (χ2n) is 7.79. The maximum Gasteiger partial charge on any atom is 0.263 e. The van der Waals surface area contributed by atoms with Crippen LogP contribution in [0.3, 0.4) is 0 Å². The van der Waals surface area contributed by atoms with E-state index in [-0.39, 0.29) is 5.91 Å².